The predicted molar refractivity (Wildman–Crippen MR) is 310 cm³/mol. The van der Waals surface area contributed by atoms with Crippen molar-refractivity contribution in [1.29, 1.82) is 0 Å². The normalized spacial score (nSPS) is 10.9. The summed E-state index contributed by atoms with van der Waals surface area (Å²) in [5.74, 6) is -1.82. The molecule has 0 radical (unpaired) electrons. The van der Waals surface area contributed by atoms with E-state index < -0.39 is 59.7 Å². The van der Waals surface area contributed by atoms with Gasteiger partial charge in [-0.2, -0.15) is 0 Å². The minimum absolute atomic E-state index is 0. The Hall–Kier alpha value is -5.91. The Balaban J connectivity index is -0.00000131. The topological polar surface area (TPSA) is 220 Å². The van der Waals surface area contributed by atoms with Crippen LogP contribution < -0.4 is 31.2 Å². The summed E-state index contributed by atoms with van der Waals surface area (Å²) >= 11 is 11.7. The fourth-order valence-electron chi connectivity index (χ4n) is 6.60. The highest BCUT2D eigenvalue weighted by molar-refractivity contribution is 6.31. The number of likely N-dealkylation sites (N-methyl/N-ethyl adjacent to an activating group) is 1. The van der Waals surface area contributed by atoms with Gasteiger partial charge in [0.15, 0.2) is 11.2 Å². The summed E-state index contributed by atoms with van der Waals surface area (Å²) in [7, 11) is 2.94. The fraction of sp³-hybridized carbons (Fsp3) is 0.483. The van der Waals surface area contributed by atoms with E-state index in [-0.39, 0.29) is 39.1 Å². The van der Waals surface area contributed by atoms with E-state index in [1.54, 1.807) is 128 Å². The van der Waals surface area contributed by atoms with E-state index in [0.29, 0.717) is 91.2 Å². The van der Waals surface area contributed by atoms with Crippen LogP contribution in [-0.2, 0) is 51.0 Å². The molecule has 432 valence electrons. The summed E-state index contributed by atoms with van der Waals surface area (Å²) in [5.41, 5.74) is 4.52. The van der Waals surface area contributed by atoms with Crippen LogP contribution in [0.25, 0.3) is 0 Å². The van der Waals surface area contributed by atoms with Gasteiger partial charge in [-0.25, -0.2) is 19.2 Å². The fourth-order valence-corrected chi connectivity index (χ4v) is 6.86. The summed E-state index contributed by atoms with van der Waals surface area (Å²) in [5, 5.41) is 9.86. The highest BCUT2D eigenvalue weighted by Crippen LogP contribution is 2.23. The number of halogens is 3. The van der Waals surface area contributed by atoms with Crippen molar-refractivity contribution in [2.75, 3.05) is 33.7 Å². The van der Waals surface area contributed by atoms with Crippen LogP contribution in [-0.4, -0.2) is 91.7 Å². The lowest BCUT2D eigenvalue weighted by atomic mass is 9.93. The second-order valence-electron chi connectivity index (χ2n) is 17.4. The SMILES string of the molecule is C.C.CCC(CC)(NC)C(=O)OCOC(=O)C(C)(C)Oc1ccc(CCNC(=O)c2ccc(Cl)cc2)cc1.CCC(N)(CC)C(=O)OCOC(=O)C(C)(C)Oc1ccc(CCNC(=O)c2ccc(Cl)cc2)cc1.Cl.[2H]CC.[3H]C. The maximum Gasteiger partial charge on any atom is 0.352 e. The molecule has 0 aliphatic rings. The van der Waals surface area contributed by atoms with E-state index in [9.17, 15) is 28.8 Å². The summed E-state index contributed by atoms with van der Waals surface area (Å²) in [4.78, 5) is 73.7. The Morgan fingerprint density at radius 2 is 0.870 bits per heavy atom. The lowest BCUT2D eigenvalue weighted by Gasteiger charge is -2.29. The van der Waals surface area contributed by atoms with Crippen molar-refractivity contribution in [3.63, 3.8) is 0 Å². The molecule has 19 heteroatoms. The molecule has 0 spiro atoms. The molecule has 16 nitrogen and oxygen atoms in total. The molecule has 0 saturated heterocycles. The number of carbonyl (C=O) groups excluding carboxylic acids is 6. The minimum Gasteiger partial charge on any atom is -0.476 e. The molecule has 0 aliphatic heterocycles. The standard InChI is InChI=1S/C27H35ClN2O6.C26H33ClN2O6.C2H6.3CH4.ClH/c1-6-27(7-2,29-5)25(33)35-18-34-24(32)26(3,4)36-22-14-8-19(9-15-22)16-17-30-23(31)20-10-12-21(28)13-11-20;1-5-26(28,6-2)24(32)34-17-33-23(31)25(3,4)35-21-13-7-18(8-14-21)15-16-29-22(30)19-9-11-20(27)12-10-19;1-2;;;;/h8-15,29H,6-7,16-18H2,1-5H3,(H,30,31);7-14H,5-6,15-17,28H2,1-4H3,(H,29,30);1-2H3;3*1H4;1H/i;;1D;1T;;;. The van der Waals surface area contributed by atoms with Crippen molar-refractivity contribution in [2.45, 2.75) is 152 Å². The second kappa shape index (κ2) is 37.0. The first kappa shape index (κ1) is 71.1. The van der Waals surface area contributed by atoms with Crippen molar-refractivity contribution in [1.82, 2.24) is 16.0 Å². The van der Waals surface area contributed by atoms with E-state index in [0.717, 1.165) is 11.1 Å². The molecule has 0 atom stereocenters. The van der Waals surface area contributed by atoms with Gasteiger partial charge in [0.25, 0.3) is 11.8 Å². The van der Waals surface area contributed by atoms with E-state index in [1.165, 1.54) is 7.40 Å². The predicted octanol–water partition coefficient (Wildman–Crippen LogP) is 11.7. The zero-order valence-electron chi connectivity index (χ0n) is 47.2. The molecule has 0 heterocycles. The summed E-state index contributed by atoms with van der Waals surface area (Å²) in [6, 6.07) is 27.7. The van der Waals surface area contributed by atoms with Gasteiger partial charge in [0.1, 0.15) is 22.6 Å². The van der Waals surface area contributed by atoms with Gasteiger partial charge in [-0.3, -0.25) is 9.59 Å². The minimum atomic E-state index is -1.31. The van der Waals surface area contributed by atoms with Crippen LogP contribution in [0.15, 0.2) is 97.1 Å². The molecule has 0 aromatic heterocycles. The molecule has 0 aliphatic carbocycles. The van der Waals surface area contributed by atoms with Gasteiger partial charge in [0.2, 0.25) is 13.6 Å². The molecule has 4 aromatic carbocycles. The number of rotatable bonds is 25. The third-order valence-corrected chi connectivity index (χ3v) is 12.2. The van der Waals surface area contributed by atoms with Gasteiger partial charge in [0, 0.05) is 37.0 Å². The number of esters is 4. The number of benzene rings is 4. The van der Waals surface area contributed by atoms with E-state index in [4.69, 9.17) is 60.1 Å². The molecule has 4 rings (SSSR count). The molecule has 2 amide bonds. The van der Waals surface area contributed by atoms with Crippen molar-refractivity contribution in [2.24, 2.45) is 5.73 Å². The molecular weight excluding hydrogens is 1050 g/mol. The van der Waals surface area contributed by atoms with Crippen molar-refractivity contribution in [3.8, 4) is 11.5 Å². The first-order valence-corrected chi connectivity index (χ1v) is 24.8. The highest BCUT2D eigenvalue weighted by Gasteiger charge is 2.37. The number of nitrogens with one attached hydrogen (secondary N) is 3. The number of amides is 2. The molecular formula is C58H87Cl3N4O12. The zero-order valence-corrected chi connectivity index (χ0v) is 47.5. The molecule has 5 N–H and O–H groups in total. The van der Waals surface area contributed by atoms with Crippen LogP contribution in [0, 0.1) is 0 Å². The van der Waals surface area contributed by atoms with E-state index in [1.807, 2.05) is 38.1 Å². The first-order chi connectivity index (χ1) is 36.0. The Morgan fingerprint density at radius 1 is 0.558 bits per heavy atom. The van der Waals surface area contributed by atoms with Crippen molar-refractivity contribution < 1.29 is 59.9 Å². The number of ether oxygens (including phenoxy) is 6. The molecule has 4 aromatic rings. The number of nitrogens with two attached hydrogens (primary N) is 1. The van der Waals surface area contributed by atoms with Crippen LogP contribution in [0.2, 0.25) is 10.0 Å². The maximum atomic E-state index is 12.5. The molecule has 77 heavy (non-hydrogen) atoms. The molecule has 0 unspecified atom stereocenters. The van der Waals surface area contributed by atoms with Crippen LogP contribution in [0.1, 0.15) is 152 Å². The smallest absolute Gasteiger partial charge is 0.352 e. The summed E-state index contributed by atoms with van der Waals surface area (Å²) < 4.78 is 43.9. The quantitative estimate of drug-likeness (QED) is 0.0358. The van der Waals surface area contributed by atoms with Gasteiger partial charge < -0.3 is 50.1 Å². The monoisotopic (exact) mass is 1140 g/mol. The van der Waals surface area contributed by atoms with Crippen LogP contribution in [0.3, 0.4) is 0 Å². The molecule has 0 bridgehead atoms. The Bertz CT molecular complexity index is 2380. The number of hydrogen-bond acceptors (Lipinski definition) is 14. The summed E-state index contributed by atoms with van der Waals surface area (Å²) in [6.07, 6.45) is 3.16. The van der Waals surface area contributed by atoms with Gasteiger partial charge in [-0.05, 0) is 157 Å². The Labute approximate surface area is 477 Å². The highest BCUT2D eigenvalue weighted by atomic mass is 35.5. The zero-order chi connectivity index (χ0) is 57.5. The largest absolute Gasteiger partial charge is 0.476 e. The lowest BCUT2D eigenvalue weighted by molar-refractivity contribution is -0.182. The maximum absolute atomic E-state index is 12.5. The number of carbonyl (C=O) groups is 6. The van der Waals surface area contributed by atoms with Crippen LogP contribution in [0.5, 0.6) is 11.5 Å². The van der Waals surface area contributed by atoms with Crippen molar-refractivity contribution in [3.05, 3.63) is 129 Å². The average Bonchev–Trinajstić information content (AvgIpc) is 3.41. The van der Waals surface area contributed by atoms with Gasteiger partial charge in [-0.1, -0.05) is 111 Å². The Kier molecular flexibility index (Phi) is 34.2. The third-order valence-electron chi connectivity index (χ3n) is 11.7. The first-order valence-electron chi connectivity index (χ1n) is 25.8. The number of hydrogen-bond donors (Lipinski definition) is 4. The average molecular weight is 1140 g/mol. The third kappa shape index (κ3) is 24.5. The van der Waals surface area contributed by atoms with Gasteiger partial charge >= 0.3 is 23.9 Å². The van der Waals surface area contributed by atoms with Crippen LogP contribution >= 0.6 is 35.6 Å². The van der Waals surface area contributed by atoms with Gasteiger partial charge in [0.05, 0.1) is 0 Å². The van der Waals surface area contributed by atoms with E-state index in [2.05, 4.69) is 16.0 Å². The summed E-state index contributed by atoms with van der Waals surface area (Å²) in [6.45, 7) is 15.8. The van der Waals surface area contributed by atoms with E-state index >= 15 is 0 Å². The second-order valence-corrected chi connectivity index (χ2v) is 18.3. The Morgan fingerprint density at radius 3 is 1.17 bits per heavy atom. The van der Waals surface area contributed by atoms with Crippen LogP contribution in [0.4, 0.5) is 0 Å². The van der Waals surface area contributed by atoms with Gasteiger partial charge in [-0.15, -0.1) is 12.4 Å². The van der Waals surface area contributed by atoms with Crippen molar-refractivity contribution >= 4 is 71.3 Å². The molecule has 0 saturated carbocycles. The molecule has 0 fully saturated rings. The lowest BCUT2D eigenvalue weighted by Crippen LogP contribution is -2.50.